The largest absolute Gasteiger partial charge is 0.377 e. The molecule has 0 saturated heterocycles. The van der Waals surface area contributed by atoms with Crippen LogP contribution in [0.15, 0.2) is 24.3 Å². The van der Waals surface area contributed by atoms with E-state index >= 15 is 0 Å². The summed E-state index contributed by atoms with van der Waals surface area (Å²) in [6.45, 7) is 14.8. The Morgan fingerprint density at radius 3 is 2.10 bits per heavy atom. The zero-order valence-corrected chi connectivity index (χ0v) is 13.8. The van der Waals surface area contributed by atoms with Crippen LogP contribution < -0.4 is 5.32 Å². The Morgan fingerprint density at radius 2 is 1.55 bits per heavy atom. The molecule has 1 rings (SSSR count). The van der Waals surface area contributed by atoms with E-state index in [-0.39, 0.29) is 0 Å². The molecule has 0 spiro atoms. The van der Waals surface area contributed by atoms with Gasteiger partial charge in [-0.15, -0.1) is 0 Å². The van der Waals surface area contributed by atoms with Gasteiger partial charge in [0.05, 0.1) is 6.61 Å². The number of rotatable bonds is 9. The van der Waals surface area contributed by atoms with Crippen LogP contribution in [0.4, 0.5) is 0 Å². The van der Waals surface area contributed by atoms with Gasteiger partial charge >= 0.3 is 0 Å². The SMILES string of the molecule is CC(C)CNCC(C)c1ccc(COCC(C)C)cc1. The summed E-state index contributed by atoms with van der Waals surface area (Å²) in [5, 5.41) is 3.52. The fourth-order valence-electron chi connectivity index (χ4n) is 2.06. The smallest absolute Gasteiger partial charge is 0.0717 e. The third-order valence-electron chi connectivity index (χ3n) is 3.27. The Morgan fingerprint density at radius 1 is 0.900 bits per heavy atom. The first-order valence-electron chi connectivity index (χ1n) is 7.86. The Kier molecular flexibility index (Phi) is 7.86. The summed E-state index contributed by atoms with van der Waals surface area (Å²) in [5.41, 5.74) is 2.66. The minimum absolute atomic E-state index is 0.555. The van der Waals surface area contributed by atoms with Crippen LogP contribution in [0.1, 0.15) is 51.7 Å². The molecular formula is C18H31NO. The molecule has 1 aromatic carbocycles. The van der Waals surface area contributed by atoms with Crippen molar-refractivity contribution in [2.24, 2.45) is 11.8 Å². The number of hydrogen-bond donors (Lipinski definition) is 1. The molecule has 0 saturated carbocycles. The Balaban J connectivity index is 2.37. The summed E-state index contributed by atoms with van der Waals surface area (Å²) in [7, 11) is 0. The number of hydrogen-bond acceptors (Lipinski definition) is 2. The van der Waals surface area contributed by atoms with Crippen molar-refractivity contribution in [3.05, 3.63) is 35.4 Å². The van der Waals surface area contributed by atoms with Crippen molar-refractivity contribution < 1.29 is 4.74 Å². The van der Waals surface area contributed by atoms with Crippen molar-refractivity contribution in [1.82, 2.24) is 5.32 Å². The van der Waals surface area contributed by atoms with Crippen molar-refractivity contribution in [1.29, 1.82) is 0 Å². The van der Waals surface area contributed by atoms with Crippen LogP contribution in [0.2, 0.25) is 0 Å². The molecule has 0 aliphatic heterocycles. The predicted octanol–water partition coefficient (Wildman–Crippen LogP) is 4.21. The summed E-state index contributed by atoms with van der Waals surface area (Å²) in [6, 6.07) is 8.84. The highest BCUT2D eigenvalue weighted by Gasteiger charge is 2.05. The van der Waals surface area contributed by atoms with Gasteiger partial charge in [-0.3, -0.25) is 0 Å². The van der Waals surface area contributed by atoms with Gasteiger partial charge in [0, 0.05) is 13.2 Å². The topological polar surface area (TPSA) is 21.3 Å². The van der Waals surface area contributed by atoms with Crippen LogP contribution in [0.25, 0.3) is 0 Å². The molecule has 0 aliphatic carbocycles. The van der Waals surface area contributed by atoms with E-state index in [4.69, 9.17) is 4.74 Å². The zero-order chi connectivity index (χ0) is 15.0. The molecule has 0 aromatic heterocycles. The molecule has 2 heteroatoms. The third kappa shape index (κ3) is 7.06. The second kappa shape index (κ2) is 9.15. The summed E-state index contributed by atoms with van der Waals surface area (Å²) >= 11 is 0. The molecule has 0 heterocycles. The molecule has 2 nitrogen and oxygen atoms in total. The van der Waals surface area contributed by atoms with Gasteiger partial charge in [0.1, 0.15) is 0 Å². The molecule has 0 fully saturated rings. The second-order valence-electron chi connectivity index (χ2n) is 6.60. The molecule has 20 heavy (non-hydrogen) atoms. The highest BCUT2D eigenvalue weighted by Crippen LogP contribution is 2.16. The van der Waals surface area contributed by atoms with E-state index in [2.05, 4.69) is 64.2 Å². The summed E-state index contributed by atoms with van der Waals surface area (Å²) in [5.74, 6) is 1.86. The lowest BCUT2D eigenvalue weighted by molar-refractivity contribution is 0.0971. The third-order valence-corrected chi connectivity index (χ3v) is 3.27. The fourth-order valence-corrected chi connectivity index (χ4v) is 2.06. The first-order chi connectivity index (χ1) is 9.49. The van der Waals surface area contributed by atoms with Gasteiger partial charge in [0.15, 0.2) is 0 Å². The molecule has 1 atom stereocenters. The van der Waals surface area contributed by atoms with E-state index in [1.54, 1.807) is 0 Å². The van der Waals surface area contributed by atoms with Crippen molar-refractivity contribution in [3.63, 3.8) is 0 Å². The average molecular weight is 277 g/mol. The van der Waals surface area contributed by atoms with Gasteiger partial charge in [-0.1, -0.05) is 58.9 Å². The Hall–Kier alpha value is -0.860. The van der Waals surface area contributed by atoms with Crippen LogP contribution in [0.5, 0.6) is 0 Å². The van der Waals surface area contributed by atoms with Crippen molar-refractivity contribution in [3.8, 4) is 0 Å². The van der Waals surface area contributed by atoms with E-state index in [1.807, 2.05) is 0 Å². The second-order valence-corrected chi connectivity index (χ2v) is 6.60. The first-order valence-corrected chi connectivity index (χ1v) is 7.86. The summed E-state index contributed by atoms with van der Waals surface area (Å²) in [4.78, 5) is 0. The lowest BCUT2D eigenvalue weighted by Gasteiger charge is -2.15. The maximum Gasteiger partial charge on any atom is 0.0717 e. The molecule has 0 aliphatic rings. The quantitative estimate of drug-likeness (QED) is 0.730. The van der Waals surface area contributed by atoms with Gasteiger partial charge in [0.2, 0.25) is 0 Å². The highest BCUT2D eigenvalue weighted by atomic mass is 16.5. The van der Waals surface area contributed by atoms with Crippen LogP contribution in [-0.2, 0) is 11.3 Å². The van der Waals surface area contributed by atoms with Crippen LogP contribution in [0.3, 0.4) is 0 Å². The molecule has 0 radical (unpaired) electrons. The van der Waals surface area contributed by atoms with Gasteiger partial charge in [0.25, 0.3) is 0 Å². The molecule has 0 amide bonds. The van der Waals surface area contributed by atoms with E-state index in [0.717, 1.165) is 26.3 Å². The predicted molar refractivity (Wildman–Crippen MR) is 87.1 cm³/mol. The molecule has 1 unspecified atom stereocenters. The summed E-state index contributed by atoms with van der Waals surface area (Å²) < 4.78 is 5.66. The lowest BCUT2D eigenvalue weighted by Crippen LogP contribution is -2.24. The Labute approximate surface area is 124 Å². The van der Waals surface area contributed by atoms with Crippen molar-refractivity contribution in [2.75, 3.05) is 19.7 Å². The van der Waals surface area contributed by atoms with Crippen molar-refractivity contribution in [2.45, 2.75) is 47.1 Å². The van der Waals surface area contributed by atoms with Gasteiger partial charge < -0.3 is 10.1 Å². The summed E-state index contributed by atoms with van der Waals surface area (Å²) in [6.07, 6.45) is 0. The van der Waals surface area contributed by atoms with Gasteiger partial charge in [-0.05, 0) is 35.4 Å². The van der Waals surface area contributed by atoms with Gasteiger partial charge in [-0.25, -0.2) is 0 Å². The molecular weight excluding hydrogens is 246 g/mol. The number of benzene rings is 1. The van der Waals surface area contributed by atoms with E-state index in [9.17, 15) is 0 Å². The van der Waals surface area contributed by atoms with Crippen LogP contribution in [-0.4, -0.2) is 19.7 Å². The molecule has 1 aromatic rings. The monoisotopic (exact) mass is 277 g/mol. The maximum absolute atomic E-state index is 5.66. The van der Waals surface area contributed by atoms with E-state index < -0.39 is 0 Å². The normalized spacial score (nSPS) is 13.2. The van der Waals surface area contributed by atoms with Crippen molar-refractivity contribution >= 4 is 0 Å². The lowest BCUT2D eigenvalue weighted by atomic mass is 10.00. The minimum atomic E-state index is 0.555. The highest BCUT2D eigenvalue weighted by molar-refractivity contribution is 5.24. The molecule has 114 valence electrons. The Bertz CT molecular complexity index is 356. The molecule has 0 bridgehead atoms. The van der Waals surface area contributed by atoms with Gasteiger partial charge in [-0.2, -0.15) is 0 Å². The van der Waals surface area contributed by atoms with Crippen LogP contribution >= 0.6 is 0 Å². The van der Waals surface area contributed by atoms with Crippen LogP contribution in [0, 0.1) is 11.8 Å². The standard InChI is InChI=1S/C18H31NO/c1-14(2)10-19-11-16(5)18-8-6-17(7-9-18)13-20-12-15(3)4/h6-9,14-16,19H,10-13H2,1-5H3. The fraction of sp³-hybridized carbons (Fsp3) is 0.667. The van der Waals surface area contributed by atoms with E-state index in [1.165, 1.54) is 11.1 Å². The number of nitrogens with one attached hydrogen (secondary N) is 1. The van der Waals surface area contributed by atoms with E-state index in [0.29, 0.717) is 17.8 Å². The average Bonchev–Trinajstić information content (AvgIpc) is 2.38. The first kappa shape index (κ1) is 17.2. The maximum atomic E-state index is 5.66. The number of ether oxygens (including phenoxy) is 1. The molecule has 1 N–H and O–H groups in total. The minimum Gasteiger partial charge on any atom is -0.377 e. The zero-order valence-electron chi connectivity index (χ0n) is 13.8.